The first-order chi connectivity index (χ1) is 16.0. The van der Waals surface area contributed by atoms with Crippen LogP contribution in [0, 0.1) is 5.82 Å². The van der Waals surface area contributed by atoms with Gasteiger partial charge in [0.2, 0.25) is 11.8 Å². The van der Waals surface area contributed by atoms with Crippen LogP contribution in [0.15, 0.2) is 42.5 Å². The molecule has 0 bridgehead atoms. The number of nitrogens with one attached hydrogen (secondary N) is 1. The van der Waals surface area contributed by atoms with E-state index < -0.39 is 0 Å². The van der Waals surface area contributed by atoms with Gasteiger partial charge in [-0.2, -0.15) is 0 Å². The Labute approximate surface area is 194 Å². The van der Waals surface area contributed by atoms with E-state index >= 15 is 0 Å². The highest BCUT2D eigenvalue weighted by molar-refractivity contribution is 5.79. The highest BCUT2D eigenvalue weighted by atomic mass is 19.1. The van der Waals surface area contributed by atoms with Gasteiger partial charge in [-0.05, 0) is 54.8 Å². The van der Waals surface area contributed by atoms with E-state index in [2.05, 4.69) is 10.2 Å². The minimum absolute atomic E-state index is 0.0515. The number of anilines is 1. The maximum atomic E-state index is 13.1. The van der Waals surface area contributed by atoms with Crippen LogP contribution >= 0.6 is 0 Å². The van der Waals surface area contributed by atoms with Gasteiger partial charge in [0.05, 0.1) is 14.2 Å². The van der Waals surface area contributed by atoms with Gasteiger partial charge in [-0.3, -0.25) is 9.59 Å². The third-order valence-corrected chi connectivity index (χ3v) is 5.80. The SMILES string of the molecule is COc1ccc(CCNC(=O)CCCC(=O)N2CCN(c3ccc(F)cc3)CC2)cc1OC. The van der Waals surface area contributed by atoms with Crippen molar-refractivity contribution < 1.29 is 23.5 Å². The van der Waals surface area contributed by atoms with Crippen LogP contribution in [0.5, 0.6) is 11.5 Å². The molecular formula is C25H32FN3O4. The molecule has 3 rings (SSSR count). The number of ether oxygens (including phenoxy) is 2. The van der Waals surface area contributed by atoms with E-state index in [1.54, 1.807) is 26.4 Å². The van der Waals surface area contributed by atoms with Gasteiger partial charge in [-0.1, -0.05) is 6.07 Å². The van der Waals surface area contributed by atoms with E-state index in [0.717, 1.165) is 11.3 Å². The molecule has 1 fully saturated rings. The van der Waals surface area contributed by atoms with Crippen LogP contribution in [-0.4, -0.2) is 63.7 Å². The minimum atomic E-state index is -0.252. The van der Waals surface area contributed by atoms with Crippen molar-refractivity contribution in [3.05, 3.63) is 53.8 Å². The zero-order chi connectivity index (χ0) is 23.6. The second-order valence-corrected chi connectivity index (χ2v) is 7.99. The number of methoxy groups -OCH3 is 2. The Bertz CT molecular complexity index is 928. The number of piperazine rings is 1. The number of nitrogens with zero attached hydrogens (tertiary/aromatic N) is 2. The van der Waals surface area contributed by atoms with Gasteiger partial charge >= 0.3 is 0 Å². The number of benzene rings is 2. The van der Waals surface area contributed by atoms with Crippen LogP contribution in [0.3, 0.4) is 0 Å². The van der Waals surface area contributed by atoms with E-state index in [-0.39, 0.29) is 17.6 Å². The molecule has 1 saturated heterocycles. The summed E-state index contributed by atoms with van der Waals surface area (Å²) in [6.45, 7) is 3.22. The number of carbonyl (C=O) groups excluding carboxylic acids is 2. The van der Waals surface area contributed by atoms with E-state index in [4.69, 9.17) is 9.47 Å². The Balaban J connectivity index is 1.31. The molecule has 1 aliphatic heterocycles. The molecule has 0 radical (unpaired) electrons. The molecule has 2 amide bonds. The van der Waals surface area contributed by atoms with Crippen molar-refractivity contribution in [2.45, 2.75) is 25.7 Å². The zero-order valence-electron chi connectivity index (χ0n) is 19.3. The average Bonchev–Trinajstić information content (AvgIpc) is 2.84. The van der Waals surface area contributed by atoms with Crippen molar-refractivity contribution in [1.82, 2.24) is 10.2 Å². The number of carbonyl (C=O) groups is 2. The van der Waals surface area contributed by atoms with E-state index in [9.17, 15) is 14.0 Å². The van der Waals surface area contributed by atoms with E-state index in [0.29, 0.717) is 69.9 Å². The van der Waals surface area contributed by atoms with Crippen molar-refractivity contribution in [3.63, 3.8) is 0 Å². The second-order valence-electron chi connectivity index (χ2n) is 7.99. The lowest BCUT2D eigenvalue weighted by Gasteiger charge is -2.36. The first kappa shape index (κ1) is 24.4. The summed E-state index contributed by atoms with van der Waals surface area (Å²) in [7, 11) is 3.19. The summed E-state index contributed by atoms with van der Waals surface area (Å²) in [5, 5.41) is 2.91. The molecule has 7 nitrogen and oxygen atoms in total. The van der Waals surface area contributed by atoms with Crippen molar-refractivity contribution in [2.75, 3.05) is 51.8 Å². The smallest absolute Gasteiger partial charge is 0.222 e. The molecule has 178 valence electrons. The fraction of sp³-hybridized carbons (Fsp3) is 0.440. The third kappa shape index (κ3) is 7.10. The van der Waals surface area contributed by atoms with Crippen LogP contribution in [0.25, 0.3) is 0 Å². The van der Waals surface area contributed by atoms with Crippen LogP contribution in [0.2, 0.25) is 0 Å². The molecule has 2 aromatic carbocycles. The molecule has 0 aromatic heterocycles. The first-order valence-corrected chi connectivity index (χ1v) is 11.3. The fourth-order valence-corrected chi connectivity index (χ4v) is 3.90. The molecule has 0 unspecified atom stereocenters. The number of halogens is 1. The van der Waals surface area contributed by atoms with E-state index in [1.165, 1.54) is 12.1 Å². The van der Waals surface area contributed by atoms with Gasteiger partial charge < -0.3 is 24.6 Å². The Hall–Kier alpha value is -3.29. The van der Waals surface area contributed by atoms with Crippen LogP contribution in [0.1, 0.15) is 24.8 Å². The highest BCUT2D eigenvalue weighted by Gasteiger charge is 2.21. The van der Waals surface area contributed by atoms with Crippen LogP contribution in [0.4, 0.5) is 10.1 Å². The zero-order valence-corrected chi connectivity index (χ0v) is 19.3. The topological polar surface area (TPSA) is 71.1 Å². The molecule has 0 atom stereocenters. The molecule has 8 heteroatoms. The summed E-state index contributed by atoms with van der Waals surface area (Å²) in [6.07, 6.45) is 1.90. The maximum absolute atomic E-state index is 13.1. The van der Waals surface area contributed by atoms with Crippen LogP contribution in [-0.2, 0) is 16.0 Å². The largest absolute Gasteiger partial charge is 0.493 e. The number of amides is 2. The highest BCUT2D eigenvalue weighted by Crippen LogP contribution is 2.27. The van der Waals surface area contributed by atoms with E-state index in [1.807, 2.05) is 23.1 Å². The molecule has 0 spiro atoms. The predicted octanol–water partition coefficient (Wildman–Crippen LogP) is 3.02. The lowest BCUT2D eigenvalue weighted by Crippen LogP contribution is -2.48. The average molecular weight is 458 g/mol. The predicted molar refractivity (Wildman–Crippen MR) is 125 cm³/mol. The maximum Gasteiger partial charge on any atom is 0.222 e. The third-order valence-electron chi connectivity index (χ3n) is 5.80. The van der Waals surface area contributed by atoms with Crippen molar-refractivity contribution in [3.8, 4) is 11.5 Å². The first-order valence-electron chi connectivity index (χ1n) is 11.3. The number of hydrogen-bond acceptors (Lipinski definition) is 5. The number of rotatable bonds is 10. The summed E-state index contributed by atoms with van der Waals surface area (Å²) >= 11 is 0. The van der Waals surface area contributed by atoms with Gasteiger partial charge in [0, 0.05) is 51.3 Å². The van der Waals surface area contributed by atoms with Crippen molar-refractivity contribution in [1.29, 1.82) is 0 Å². The Morgan fingerprint density at radius 2 is 1.64 bits per heavy atom. The molecule has 1 N–H and O–H groups in total. The minimum Gasteiger partial charge on any atom is -0.493 e. The lowest BCUT2D eigenvalue weighted by molar-refractivity contribution is -0.131. The molecule has 0 aliphatic carbocycles. The summed E-state index contributed by atoms with van der Waals surface area (Å²) in [6, 6.07) is 12.1. The lowest BCUT2D eigenvalue weighted by atomic mass is 10.1. The molecule has 0 saturated carbocycles. The van der Waals surface area contributed by atoms with Gasteiger partial charge in [0.25, 0.3) is 0 Å². The Morgan fingerprint density at radius 3 is 2.30 bits per heavy atom. The second kappa shape index (κ2) is 12.1. The molecule has 1 aliphatic rings. The van der Waals surface area contributed by atoms with Crippen molar-refractivity contribution >= 4 is 17.5 Å². The Morgan fingerprint density at radius 1 is 0.939 bits per heavy atom. The van der Waals surface area contributed by atoms with Crippen LogP contribution < -0.4 is 19.7 Å². The molecular weight excluding hydrogens is 425 g/mol. The summed E-state index contributed by atoms with van der Waals surface area (Å²) in [5.41, 5.74) is 2.01. The van der Waals surface area contributed by atoms with Gasteiger partial charge in [-0.15, -0.1) is 0 Å². The molecule has 33 heavy (non-hydrogen) atoms. The quantitative estimate of drug-likeness (QED) is 0.594. The Kier molecular flexibility index (Phi) is 8.92. The van der Waals surface area contributed by atoms with Crippen molar-refractivity contribution in [2.24, 2.45) is 0 Å². The monoisotopic (exact) mass is 457 g/mol. The molecule has 2 aromatic rings. The van der Waals surface area contributed by atoms with Gasteiger partial charge in [0.15, 0.2) is 11.5 Å². The number of hydrogen-bond donors (Lipinski definition) is 1. The summed E-state index contributed by atoms with van der Waals surface area (Å²) < 4.78 is 23.6. The summed E-state index contributed by atoms with van der Waals surface area (Å²) in [4.78, 5) is 28.6. The fourth-order valence-electron chi connectivity index (χ4n) is 3.90. The van der Waals surface area contributed by atoms with Gasteiger partial charge in [0.1, 0.15) is 5.82 Å². The molecule has 1 heterocycles. The van der Waals surface area contributed by atoms with Gasteiger partial charge in [-0.25, -0.2) is 4.39 Å². The summed E-state index contributed by atoms with van der Waals surface area (Å²) in [5.74, 6) is 1.11. The standard InChI is InChI=1S/C25H32FN3O4/c1-32-22-11-6-19(18-23(22)33-2)12-13-27-24(30)4-3-5-25(31)29-16-14-28(15-17-29)21-9-7-20(26)8-10-21/h6-11,18H,3-5,12-17H2,1-2H3,(H,27,30). The normalized spacial score (nSPS) is 13.5.